The molecule has 0 aromatic heterocycles. The number of nitrogens with one attached hydrogen (secondary N) is 1. The molecule has 0 bridgehead atoms. The number of hydrogen-bond acceptors (Lipinski definition) is 4. The maximum atomic E-state index is 12.8. The number of urea groups is 1. The third kappa shape index (κ3) is 3.80. The van der Waals surface area contributed by atoms with E-state index in [0.29, 0.717) is 16.1 Å². The lowest BCUT2D eigenvalue weighted by atomic mass is 9.91. The summed E-state index contributed by atoms with van der Waals surface area (Å²) in [5.41, 5.74) is 1.13. The highest BCUT2D eigenvalue weighted by Crippen LogP contribution is 2.29. The Morgan fingerprint density at radius 2 is 1.81 bits per heavy atom. The number of imide groups is 1. The van der Waals surface area contributed by atoms with Crippen LogP contribution in [0, 0.1) is 6.92 Å². The number of nitrogens with zero attached hydrogens (tertiary/aromatic N) is 1. The van der Waals surface area contributed by atoms with E-state index >= 15 is 0 Å². The Bertz CT molecular complexity index is 897. The van der Waals surface area contributed by atoms with E-state index in [1.165, 1.54) is 0 Å². The van der Waals surface area contributed by atoms with Gasteiger partial charge in [-0.15, -0.1) is 0 Å². The van der Waals surface area contributed by atoms with Gasteiger partial charge in [-0.3, -0.25) is 14.5 Å². The van der Waals surface area contributed by atoms with Gasteiger partial charge in [0.25, 0.3) is 5.91 Å². The first-order valence-corrected chi connectivity index (χ1v) is 8.79. The van der Waals surface area contributed by atoms with Gasteiger partial charge in [0.1, 0.15) is 18.7 Å². The van der Waals surface area contributed by atoms with Gasteiger partial charge in [-0.2, -0.15) is 0 Å². The third-order valence-electron chi connectivity index (χ3n) is 4.54. The summed E-state index contributed by atoms with van der Waals surface area (Å²) in [5, 5.41) is 3.14. The predicted octanol–water partition coefficient (Wildman–Crippen LogP) is 3.16. The van der Waals surface area contributed by atoms with Gasteiger partial charge in [-0.05, 0) is 25.5 Å². The molecule has 3 amide bonds. The van der Waals surface area contributed by atoms with E-state index in [-0.39, 0.29) is 6.61 Å². The van der Waals surface area contributed by atoms with Gasteiger partial charge in [-0.25, -0.2) is 4.79 Å². The van der Waals surface area contributed by atoms with Crippen LogP contribution in [-0.4, -0.2) is 29.4 Å². The van der Waals surface area contributed by atoms with Crippen LogP contribution < -0.4 is 5.32 Å². The van der Waals surface area contributed by atoms with Crippen molar-refractivity contribution in [3.8, 4) is 0 Å². The molecule has 0 saturated carbocycles. The van der Waals surface area contributed by atoms with Gasteiger partial charge in [0, 0.05) is 10.6 Å². The van der Waals surface area contributed by atoms with Gasteiger partial charge in [-0.1, -0.05) is 59.6 Å². The molecule has 1 heterocycles. The number of benzene rings is 2. The predicted molar refractivity (Wildman–Crippen MR) is 100 cm³/mol. The lowest BCUT2D eigenvalue weighted by molar-refractivity contribution is -0.148. The standard InChI is InChI=1S/C20H19ClN2O4/c1-13-7-9-15(10-8-13)20(2)18(25)23(19(26)22-20)11-17(24)27-12-14-5-3-4-6-16(14)21/h3-10H,11-12H2,1-2H3,(H,22,26)/t20-/m0/s1. The number of carbonyl (C=O) groups excluding carboxylic acids is 3. The fraction of sp³-hybridized carbons (Fsp3) is 0.250. The highest BCUT2D eigenvalue weighted by Gasteiger charge is 2.49. The van der Waals surface area contributed by atoms with E-state index < -0.39 is 30.0 Å². The van der Waals surface area contributed by atoms with E-state index in [1.54, 1.807) is 43.3 Å². The molecular formula is C20H19ClN2O4. The first-order chi connectivity index (χ1) is 12.8. The summed E-state index contributed by atoms with van der Waals surface area (Å²) in [6.45, 7) is 3.06. The average Bonchev–Trinajstić information content (AvgIpc) is 2.85. The van der Waals surface area contributed by atoms with Crippen molar-refractivity contribution in [3.05, 3.63) is 70.2 Å². The van der Waals surface area contributed by atoms with Crippen molar-refractivity contribution in [1.82, 2.24) is 10.2 Å². The average molecular weight is 387 g/mol. The van der Waals surface area contributed by atoms with Crippen LogP contribution in [0.25, 0.3) is 0 Å². The van der Waals surface area contributed by atoms with E-state index in [4.69, 9.17) is 16.3 Å². The van der Waals surface area contributed by atoms with Crippen LogP contribution in [0.1, 0.15) is 23.6 Å². The summed E-state index contributed by atoms with van der Waals surface area (Å²) in [7, 11) is 0. The zero-order valence-corrected chi connectivity index (χ0v) is 15.7. The molecule has 2 aromatic rings. The van der Waals surface area contributed by atoms with Gasteiger partial charge >= 0.3 is 12.0 Å². The summed E-state index contributed by atoms with van der Waals surface area (Å²) in [6.07, 6.45) is 0. The molecule has 6 nitrogen and oxygen atoms in total. The molecule has 0 unspecified atom stereocenters. The largest absolute Gasteiger partial charge is 0.459 e. The summed E-state index contributed by atoms with van der Waals surface area (Å²) in [4.78, 5) is 38.1. The van der Waals surface area contributed by atoms with Crippen molar-refractivity contribution >= 4 is 29.5 Å². The zero-order chi connectivity index (χ0) is 19.6. The normalized spacial score (nSPS) is 19.1. The second-order valence-electron chi connectivity index (χ2n) is 6.56. The van der Waals surface area contributed by atoms with Gasteiger partial charge in [0.2, 0.25) is 0 Å². The molecule has 27 heavy (non-hydrogen) atoms. The quantitative estimate of drug-likeness (QED) is 0.632. The van der Waals surface area contributed by atoms with Gasteiger partial charge in [0.05, 0.1) is 0 Å². The van der Waals surface area contributed by atoms with Crippen molar-refractivity contribution < 1.29 is 19.1 Å². The molecule has 1 atom stereocenters. The smallest absolute Gasteiger partial charge is 0.326 e. The first-order valence-electron chi connectivity index (χ1n) is 8.41. The molecule has 0 spiro atoms. The topological polar surface area (TPSA) is 75.7 Å². The minimum Gasteiger partial charge on any atom is -0.459 e. The summed E-state index contributed by atoms with van der Waals surface area (Å²) < 4.78 is 5.16. The molecule has 1 aliphatic heterocycles. The number of esters is 1. The second kappa shape index (κ2) is 7.40. The molecular weight excluding hydrogens is 368 g/mol. The number of amides is 3. The second-order valence-corrected chi connectivity index (χ2v) is 6.97. The Morgan fingerprint density at radius 3 is 2.48 bits per heavy atom. The molecule has 3 rings (SSSR count). The maximum absolute atomic E-state index is 12.8. The number of halogens is 1. The van der Waals surface area contributed by atoms with Crippen LogP contribution >= 0.6 is 11.6 Å². The highest BCUT2D eigenvalue weighted by atomic mass is 35.5. The Kier molecular flexibility index (Phi) is 5.19. The highest BCUT2D eigenvalue weighted by molar-refractivity contribution is 6.31. The number of ether oxygens (including phenoxy) is 1. The molecule has 2 aromatic carbocycles. The number of aryl methyl sites for hydroxylation is 1. The van der Waals surface area contributed by atoms with Crippen LogP contribution in [0.3, 0.4) is 0 Å². The fourth-order valence-electron chi connectivity index (χ4n) is 2.87. The van der Waals surface area contributed by atoms with Crippen molar-refractivity contribution in [1.29, 1.82) is 0 Å². The zero-order valence-electron chi connectivity index (χ0n) is 15.0. The molecule has 0 radical (unpaired) electrons. The number of hydrogen-bond donors (Lipinski definition) is 1. The van der Waals surface area contributed by atoms with Crippen LogP contribution in [0.4, 0.5) is 4.79 Å². The Labute approximate surface area is 162 Å². The minimum absolute atomic E-state index is 0.0304. The van der Waals surface area contributed by atoms with Crippen molar-refractivity contribution in [2.24, 2.45) is 0 Å². The van der Waals surface area contributed by atoms with Crippen molar-refractivity contribution in [2.75, 3.05) is 6.54 Å². The molecule has 1 N–H and O–H groups in total. The van der Waals surface area contributed by atoms with Crippen molar-refractivity contribution in [2.45, 2.75) is 26.0 Å². The molecule has 140 valence electrons. The molecule has 1 fully saturated rings. The van der Waals surface area contributed by atoms with E-state index in [9.17, 15) is 14.4 Å². The number of carbonyl (C=O) groups is 3. The minimum atomic E-state index is -1.21. The molecule has 0 aliphatic carbocycles. The number of rotatable bonds is 5. The van der Waals surface area contributed by atoms with Crippen LogP contribution in [-0.2, 0) is 26.5 Å². The van der Waals surface area contributed by atoms with Gasteiger partial charge < -0.3 is 10.1 Å². The Balaban J connectivity index is 1.67. The Morgan fingerprint density at radius 1 is 1.15 bits per heavy atom. The first kappa shape index (κ1) is 18.9. The van der Waals surface area contributed by atoms with Gasteiger partial charge in [0.15, 0.2) is 0 Å². The monoisotopic (exact) mass is 386 g/mol. The SMILES string of the molecule is Cc1ccc([C@]2(C)NC(=O)N(CC(=O)OCc3ccccc3Cl)C2=O)cc1. The van der Waals surface area contributed by atoms with Crippen LogP contribution in [0.2, 0.25) is 5.02 Å². The lowest BCUT2D eigenvalue weighted by Crippen LogP contribution is -2.41. The summed E-state index contributed by atoms with van der Waals surface area (Å²) in [5.74, 6) is -1.18. The summed E-state index contributed by atoms with van der Waals surface area (Å²) >= 11 is 6.02. The van der Waals surface area contributed by atoms with E-state index in [2.05, 4.69) is 5.32 Å². The van der Waals surface area contributed by atoms with E-state index in [0.717, 1.165) is 10.5 Å². The van der Waals surface area contributed by atoms with E-state index in [1.807, 2.05) is 19.1 Å². The molecule has 1 aliphatic rings. The lowest BCUT2D eigenvalue weighted by Gasteiger charge is -2.22. The van der Waals surface area contributed by atoms with Crippen molar-refractivity contribution in [3.63, 3.8) is 0 Å². The third-order valence-corrected chi connectivity index (χ3v) is 4.91. The molecule has 7 heteroatoms. The summed E-state index contributed by atoms with van der Waals surface area (Å²) in [6, 6.07) is 13.6. The maximum Gasteiger partial charge on any atom is 0.326 e. The van der Waals surface area contributed by atoms with Crippen LogP contribution in [0.15, 0.2) is 48.5 Å². The fourth-order valence-corrected chi connectivity index (χ4v) is 3.06. The van der Waals surface area contributed by atoms with Crippen LogP contribution in [0.5, 0.6) is 0 Å². The molecule has 1 saturated heterocycles. The Hall–Kier alpha value is -2.86.